The Balaban J connectivity index is 2.10. The summed E-state index contributed by atoms with van der Waals surface area (Å²) in [6, 6.07) is 5.85. The van der Waals surface area contributed by atoms with Crippen molar-refractivity contribution in [2.75, 3.05) is 39.3 Å². The molecule has 1 aromatic carbocycles. The molecule has 1 aromatic rings. The number of nitrogens with zero attached hydrogens (tertiary/aromatic N) is 5. The van der Waals surface area contributed by atoms with Gasteiger partial charge in [-0.1, -0.05) is 17.2 Å². The number of sulfonamides is 1. The first-order valence-corrected chi connectivity index (χ1v) is 8.00. The van der Waals surface area contributed by atoms with E-state index in [4.69, 9.17) is 10.6 Å². The number of hydrogen-bond donors (Lipinski definition) is 1. The molecule has 0 aliphatic carbocycles. The minimum absolute atomic E-state index is 0.0770. The molecule has 21 heavy (non-hydrogen) atoms. The molecule has 2 rings (SSSR count). The number of β-amino-alcohol motifs (C(OH)–C–C–N with tert-alkyl or cyclic N) is 1. The molecule has 0 saturated carbocycles. The molecule has 0 aromatic heterocycles. The molecule has 0 atom stereocenters. The van der Waals surface area contributed by atoms with E-state index < -0.39 is 10.0 Å². The fourth-order valence-corrected chi connectivity index (χ4v) is 3.64. The zero-order valence-corrected chi connectivity index (χ0v) is 12.3. The van der Waals surface area contributed by atoms with E-state index in [2.05, 4.69) is 10.0 Å². The summed E-state index contributed by atoms with van der Waals surface area (Å²) in [7, 11) is -3.52. The highest BCUT2D eigenvalue weighted by molar-refractivity contribution is 7.89. The van der Waals surface area contributed by atoms with Crippen LogP contribution in [0.2, 0.25) is 0 Å². The predicted molar refractivity (Wildman–Crippen MR) is 77.5 cm³/mol. The molecule has 8 nitrogen and oxygen atoms in total. The summed E-state index contributed by atoms with van der Waals surface area (Å²) in [6.07, 6.45) is 0. The fourth-order valence-electron chi connectivity index (χ4n) is 2.22. The van der Waals surface area contributed by atoms with Crippen molar-refractivity contribution in [1.29, 1.82) is 0 Å². The highest BCUT2D eigenvalue weighted by Crippen LogP contribution is 2.21. The number of rotatable bonds is 5. The largest absolute Gasteiger partial charge is 0.395 e. The van der Waals surface area contributed by atoms with Crippen LogP contribution in [-0.2, 0) is 10.0 Å². The average Bonchev–Trinajstić information content (AvgIpc) is 2.49. The van der Waals surface area contributed by atoms with E-state index in [1.165, 1.54) is 28.6 Å². The third-order valence-corrected chi connectivity index (χ3v) is 5.30. The Morgan fingerprint density at radius 1 is 1.19 bits per heavy atom. The fraction of sp³-hybridized carbons (Fsp3) is 0.500. The molecule has 114 valence electrons. The van der Waals surface area contributed by atoms with Crippen LogP contribution in [0, 0.1) is 0 Å². The van der Waals surface area contributed by atoms with Gasteiger partial charge in [-0.05, 0) is 17.7 Å². The molecule has 0 amide bonds. The Bertz CT molecular complexity index is 617. The van der Waals surface area contributed by atoms with Crippen LogP contribution in [0.15, 0.2) is 34.3 Å². The van der Waals surface area contributed by atoms with Gasteiger partial charge in [0.25, 0.3) is 0 Å². The van der Waals surface area contributed by atoms with Crippen LogP contribution < -0.4 is 0 Å². The van der Waals surface area contributed by atoms with Gasteiger partial charge in [-0.25, -0.2) is 8.42 Å². The quantitative estimate of drug-likeness (QED) is 0.495. The first kappa shape index (κ1) is 15.7. The standard InChI is InChI=1S/C12H17N5O3S/c13-15-14-11-1-3-12(4-2-11)21(19,20)17-7-5-16(6-8-17)9-10-18/h1-4,18H,5-10H2. The van der Waals surface area contributed by atoms with E-state index in [1.807, 2.05) is 4.90 Å². The van der Waals surface area contributed by atoms with E-state index in [1.54, 1.807) is 0 Å². The number of aliphatic hydroxyl groups is 1. The summed E-state index contributed by atoms with van der Waals surface area (Å²) in [5, 5.41) is 12.3. The van der Waals surface area contributed by atoms with Crippen molar-refractivity contribution < 1.29 is 13.5 Å². The molecule has 1 aliphatic rings. The summed E-state index contributed by atoms with van der Waals surface area (Å²) >= 11 is 0. The van der Waals surface area contributed by atoms with Gasteiger partial charge in [0.2, 0.25) is 10.0 Å². The van der Waals surface area contributed by atoms with Gasteiger partial charge in [0.05, 0.1) is 11.5 Å². The average molecular weight is 311 g/mol. The third-order valence-electron chi connectivity index (χ3n) is 3.38. The maximum Gasteiger partial charge on any atom is 0.243 e. The van der Waals surface area contributed by atoms with Crippen molar-refractivity contribution in [1.82, 2.24) is 9.21 Å². The highest BCUT2D eigenvalue weighted by Gasteiger charge is 2.28. The van der Waals surface area contributed by atoms with Gasteiger partial charge in [0.1, 0.15) is 0 Å². The van der Waals surface area contributed by atoms with Gasteiger partial charge in [-0.3, -0.25) is 4.90 Å². The van der Waals surface area contributed by atoms with Crippen LogP contribution in [0.5, 0.6) is 0 Å². The van der Waals surface area contributed by atoms with Crippen molar-refractivity contribution in [3.8, 4) is 0 Å². The van der Waals surface area contributed by atoms with Gasteiger partial charge >= 0.3 is 0 Å². The maximum absolute atomic E-state index is 12.5. The molecule has 1 saturated heterocycles. The Morgan fingerprint density at radius 3 is 2.33 bits per heavy atom. The molecule has 1 fully saturated rings. The lowest BCUT2D eigenvalue weighted by atomic mass is 10.3. The number of piperazine rings is 1. The Morgan fingerprint density at radius 2 is 1.81 bits per heavy atom. The molecule has 1 heterocycles. The van der Waals surface area contributed by atoms with E-state index in [0.29, 0.717) is 38.4 Å². The summed E-state index contributed by atoms with van der Waals surface area (Å²) in [5.41, 5.74) is 8.71. The topological polar surface area (TPSA) is 110 Å². The van der Waals surface area contributed by atoms with Crippen LogP contribution in [-0.4, -0.2) is 62.1 Å². The van der Waals surface area contributed by atoms with Crippen LogP contribution >= 0.6 is 0 Å². The van der Waals surface area contributed by atoms with E-state index >= 15 is 0 Å². The second-order valence-corrected chi connectivity index (χ2v) is 6.59. The third kappa shape index (κ3) is 3.72. The molecule has 1 aliphatic heterocycles. The zero-order valence-electron chi connectivity index (χ0n) is 11.5. The van der Waals surface area contributed by atoms with Crippen LogP contribution in [0.25, 0.3) is 10.4 Å². The number of azide groups is 1. The number of hydrogen-bond acceptors (Lipinski definition) is 5. The first-order chi connectivity index (χ1) is 10.1. The summed E-state index contributed by atoms with van der Waals surface area (Å²) < 4.78 is 26.4. The smallest absolute Gasteiger partial charge is 0.243 e. The molecule has 0 bridgehead atoms. The summed E-state index contributed by atoms with van der Waals surface area (Å²) in [4.78, 5) is 4.87. The minimum Gasteiger partial charge on any atom is -0.395 e. The van der Waals surface area contributed by atoms with Gasteiger partial charge in [-0.15, -0.1) is 0 Å². The van der Waals surface area contributed by atoms with Crippen molar-refractivity contribution in [2.45, 2.75) is 4.90 Å². The van der Waals surface area contributed by atoms with Gasteiger partial charge in [0.15, 0.2) is 0 Å². The Labute approximate surface area is 123 Å². The van der Waals surface area contributed by atoms with Gasteiger partial charge in [0, 0.05) is 43.3 Å². The molecule has 1 N–H and O–H groups in total. The van der Waals surface area contributed by atoms with Gasteiger partial charge < -0.3 is 5.11 Å². The normalized spacial score (nSPS) is 17.4. The predicted octanol–water partition coefficient (Wildman–Crippen LogP) is 0.927. The Hall–Kier alpha value is -1.64. The van der Waals surface area contributed by atoms with Crippen LogP contribution in [0.4, 0.5) is 5.69 Å². The van der Waals surface area contributed by atoms with Crippen LogP contribution in [0.1, 0.15) is 0 Å². The van der Waals surface area contributed by atoms with Crippen molar-refractivity contribution >= 4 is 15.7 Å². The summed E-state index contributed by atoms with van der Waals surface area (Å²) in [6.45, 7) is 2.66. The highest BCUT2D eigenvalue weighted by atomic mass is 32.2. The van der Waals surface area contributed by atoms with Crippen molar-refractivity contribution in [3.63, 3.8) is 0 Å². The molecule has 9 heteroatoms. The van der Waals surface area contributed by atoms with Crippen molar-refractivity contribution in [3.05, 3.63) is 34.7 Å². The molecule has 0 spiro atoms. The van der Waals surface area contributed by atoms with Gasteiger partial charge in [-0.2, -0.15) is 4.31 Å². The number of aliphatic hydroxyl groups excluding tert-OH is 1. The Kier molecular flexibility index (Phi) is 5.16. The number of benzene rings is 1. The molecule has 0 radical (unpaired) electrons. The van der Waals surface area contributed by atoms with E-state index in [0.717, 1.165) is 0 Å². The minimum atomic E-state index is -3.52. The summed E-state index contributed by atoms with van der Waals surface area (Å²) in [5.74, 6) is 0. The van der Waals surface area contributed by atoms with Crippen molar-refractivity contribution in [2.24, 2.45) is 5.11 Å². The molecular weight excluding hydrogens is 294 g/mol. The lowest BCUT2D eigenvalue weighted by Gasteiger charge is -2.33. The molecular formula is C12H17N5O3S. The lowest BCUT2D eigenvalue weighted by molar-refractivity contribution is 0.151. The zero-order chi connectivity index (χ0) is 15.3. The van der Waals surface area contributed by atoms with Crippen LogP contribution in [0.3, 0.4) is 0 Å². The van der Waals surface area contributed by atoms with E-state index in [9.17, 15) is 8.42 Å². The first-order valence-electron chi connectivity index (χ1n) is 6.56. The van der Waals surface area contributed by atoms with E-state index in [-0.39, 0.29) is 11.5 Å². The second-order valence-electron chi connectivity index (χ2n) is 4.65. The second kappa shape index (κ2) is 6.88. The maximum atomic E-state index is 12.5. The lowest BCUT2D eigenvalue weighted by Crippen LogP contribution is -2.49. The molecule has 0 unspecified atom stereocenters. The monoisotopic (exact) mass is 311 g/mol. The SMILES string of the molecule is [N-]=[N+]=Nc1ccc(S(=O)(=O)N2CCN(CCO)CC2)cc1.